The van der Waals surface area contributed by atoms with Crippen molar-refractivity contribution in [3.63, 3.8) is 0 Å². The number of aryl methyl sites for hydroxylation is 2. The third-order valence-electron chi connectivity index (χ3n) is 4.66. The molecule has 3 heterocycles. The van der Waals surface area contributed by atoms with Crippen LogP contribution in [0.1, 0.15) is 5.69 Å². The number of ether oxygens (including phenoxy) is 1. The average Bonchev–Trinajstić information content (AvgIpc) is 3.32. The molecule has 1 aromatic carbocycles. The van der Waals surface area contributed by atoms with Crippen LogP contribution in [0.4, 0.5) is 5.69 Å². The van der Waals surface area contributed by atoms with Gasteiger partial charge in [-0.3, -0.25) is 19.6 Å². The minimum Gasteiger partial charge on any atom is -0.487 e. The molecule has 0 atom stereocenters. The van der Waals surface area contributed by atoms with E-state index in [1.807, 2.05) is 13.1 Å². The zero-order valence-corrected chi connectivity index (χ0v) is 15.2. The number of aromatic amines is 1. The van der Waals surface area contributed by atoms with Gasteiger partial charge in [0.15, 0.2) is 0 Å². The van der Waals surface area contributed by atoms with Gasteiger partial charge in [0, 0.05) is 61.3 Å². The molecule has 3 aromatic heterocycles. The van der Waals surface area contributed by atoms with E-state index >= 15 is 0 Å². The number of nitrogens with zero attached hydrogens (tertiary/aromatic N) is 4. The van der Waals surface area contributed by atoms with E-state index in [0.29, 0.717) is 27.8 Å². The van der Waals surface area contributed by atoms with Crippen LogP contribution < -0.4 is 10.3 Å². The fraction of sp³-hybridized carbons (Fsp3) is 0.158. The molecule has 0 aliphatic heterocycles. The van der Waals surface area contributed by atoms with Crippen LogP contribution in [0.2, 0.25) is 0 Å². The molecule has 1 N–H and O–H groups in total. The van der Waals surface area contributed by atoms with E-state index in [-0.39, 0.29) is 17.9 Å². The summed E-state index contributed by atoms with van der Waals surface area (Å²) in [4.78, 5) is 26.1. The number of fused-ring (bicyclic) bond motifs is 1. The molecule has 0 aliphatic rings. The van der Waals surface area contributed by atoms with Crippen LogP contribution in [0, 0.1) is 10.1 Å². The lowest BCUT2D eigenvalue weighted by Crippen LogP contribution is -2.16. The smallest absolute Gasteiger partial charge is 0.274 e. The Bertz CT molecular complexity index is 1250. The first-order valence-corrected chi connectivity index (χ1v) is 8.51. The second-order valence-electron chi connectivity index (χ2n) is 6.40. The lowest BCUT2D eigenvalue weighted by molar-refractivity contribution is -0.384. The molecule has 0 saturated heterocycles. The Hall–Kier alpha value is -3.88. The number of pyridine rings is 1. The summed E-state index contributed by atoms with van der Waals surface area (Å²) < 4.78 is 9.10. The van der Waals surface area contributed by atoms with Crippen LogP contribution in [0.25, 0.3) is 22.0 Å². The number of nitro groups is 1. The van der Waals surface area contributed by atoms with Crippen molar-refractivity contribution >= 4 is 16.6 Å². The van der Waals surface area contributed by atoms with Gasteiger partial charge in [0.1, 0.15) is 17.9 Å². The van der Waals surface area contributed by atoms with Gasteiger partial charge in [0.2, 0.25) is 0 Å². The molecule has 4 rings (SSSR count). The maximum atomic E-state index is 12.3. The number of non-ortho nitro benzene ring substituents is 1. The van der Waals surface area contributed by atoms with Gasteiger partial charge < -0.3 is 14.3 Å². The quantitative estimate of drug-likeness (QED) is 0.424. The zero-order valence-electron chi connectivity index (χ0n) is 15.2. The van der Waals surface area contributed by atoms with Crippen LogP contribution in [-0.4, -0.2) is 24.3 Å². The lowest BCUT2D eigenvalue weighted by Gasteiger charge is -2.13. The highest BCUT2D eigenvalue weighted by Crippen LogP contribution is 2.37. The molecule has 9 nitrogen and oxygen atoms in total. The van der Waals surface area contributed by atoms with Crippen LogP contribution in [-0.2, 0) is 20.7 Å². The Balaban J connectivity index is 1.87. The summed E-state index contributed by atoms with van der Waals surface area (Å²) in [5, 5.41) is 16.1. The van der Waals surface area contributed by atoms with E-state index in [2.05, 4.69) is 10.1 Å². The molecule has 0 radical (unpaired) electrons. The Morgan fingerprint density at radius 3 is 2.75 bits per heavy atom. The Kier molecular flexibility index (Phi) is 4.19. The van der Waals surface area contributed by atoms with Crippen molar-refractivity contribution in [2.45, 2.75) is 6.61 Å². The molecular weight excluding hydrogens is 362 g/mol. The van der Waals surface area contributed by atoms with Crippen molar-refractivity contribution < 1.29 is 9.66 Å². The maximum absolute atomic E-state index is 12.3. The number of benzene rings is 1. The number of H-pyrrole nitrogens is 1. The predicted octanol–water partition coefficient (Wildman–Crippen LogP) is 2.75. The van der Waals surface area contributed by atoms with Crippen molar-refractivity contribution in [1.82, 2.24) is 19.3 Å². The molecular formula is C19H17N5O4. The third-order valence-corrected chi connectivity index (χ3v) is 4.66. The van der Waals surface area contributed by atoms with Crippen LogP contribution in [0.5, 0.6) is 5.75 Å². The number of nitro benzene ring substituents is 1. The van der Waals surface area contributed by atoms with Crippen LogP contribution in [0.15, 0.2) is 53.7 Å². The Morgan fingerprint density at radius 1 is 1.21 bits per heavy atom. The second-order valence-corrected chi connectivity index (χ2v) is 6.40. The molecule has 28 heavy (non-hydrogen) atoms. The first-order chi connectivity index (χ1) is 13.5. The number of aromatic nitrogens is 4. The minimum absolute atomic E-state index is 0.0552. The van der Waals surface area contributed by atoms with Gasteiger partial charge in [-0.2, -0.15) is 5.10 Å². The summed E-state index contributed by atoms with van der Waals surface area (Å²) in [6.45, 7) is 0.253. The fourth-order valence-corrected chi connectivity index (χ4v) is 3.15. The van der Waals surface area contributed by atoms with Gasteiger partial charge in [0.05, 0.1) is 10.6 Å². The number of rotatable bonds is 5. The monoisotopic (exact) mass is 379 g/mol. The van der Waals surface area contributed by atoms with E-state index < -0.39 is 4.92 Å². The number of hydrogen-bond donors (Lipinski definition) is 1. The molecule has 0 aliphatic carbocycles. The molecule has 0 saturated carbocycles. The highest BCUT2D eigenvalue weighted by Gasteiger charge is 2.18. The molecule has 0 amide bonds. The summed E-state index contributed by atoms with van der Waals surface area (Å²) >= 11 is 0. The average molecular weight is 379 g/mol. The van der Waals surface area contributed by atoms with Gasteiger partial charge in [-0.1, -0.05) is 0 Å². The van der Waals surface area contributed by atoms with Gasteiger partial charge >= 0.3 is 0 Å². The summed E-state index contributed by atoms with van der Waals surface area (Å²) in [6.07, 6.45) is 5.00. The third kappa shape index (κ3) is 2.92. The van der Waals surface area contributed by atoms with Crippen molar-refractivity contribution in [1.29, 1.82) is 0 Å². The van der Waals surface area contributed by atoms with Crippen LogP contribution in [0.3, 0.4) is 0 Å². The summed E-state index contributed by atoms with van der Waals surface area (Å²) in [5.74, 6) is 0.480. The Labute approximate surface area is 158 Å². The van der Waals surface area contributed by atoms with Crippen LogP contribution >= 0.6 is 0 Å². The van der Waals surface area contributed by atoms with E-state index in [4.69, 9.17) is 4.74 Å². The van der Waals surface area contributed by atoms with Crippen molar-refractivity contribution in [2.24, 2.45) is 14.1 Å². The molecule has 0 unspecified atom stereocenters. The van der Waals surface area contributed by atoms with Gasteiger partial charge in [-0.15, -0.1) is 0 Å². The van der Waals surface area contributed by atoms with E-state index in [0.717, 1.165) is 5.69 Å². The second kappa shape index (κ2) is 6.69. The Morgan fingerprint density at radius 2 is 2.04 bits per heavy atom. The van der Waals surface area contributed by atoms with Gasteiger partial charge in [-0.25, -0.2) is 0 Å². The van der Waals surface area contributed by atoms with Crippen molar-refractivity contribution in [3.05, 3.63) is 75.1 Å². The maximum Gasteiger partial charge on any atom is 0.274 e. The van der Waals surface area contributed by atoms with E-state index in [1.54, 1.807) is 42.5 Å². The van der Waals surface area contributed by atoms with E-state index in [1.165, 1.54) is 16.7 Å². The molecule has 142 valence electrons. The predicted molar refractivity (Wildman–Crippen MR) is 103 cm³/mol. The molecule has 4 aromatic rings. The molecule has 9 heteroatoms. The lowest BCUT2D eigenvalue weighted by atomic mass is 10.0. The summed E-state index contributed by atoms with van der Waals surface area (Å²) in [6, 6.07) is 8.05. The largest absolute Gasteiger partial charge is 0.487 e. The summed E-state index contributed by atoms with van der Waals surface area (Å²) in [5.41, 5.74) is 2.27. The molecule has 0 fully saturated rings. The first kappa shape index (κ1) is 17.5. The van der Waals surface area contributed by atoms with Gasteiger partial charge in [-0.05, 0) is 18.2 Å². The van der Waals surface area contributed by atoms with Crippen molar-refractivity contribution in [2.75, 3.05) is 0 Å². The standard InChI is InChI=1S/C19H17N5O4/c1-22-10-16(14-6-7-20-18(14)19(22)25)15-9-12(24(26)27)3-4-17(15)28-11-13-5-8-21-23(13)2/h3-10,20H,11H2,1-2H3. The highest BCUT2D eigenvalue weighted by atomic mass is 16.6. The van der Waals surface area contributed by atoms with Crippen molar-refractivity contribution in [3.8, 4) is 16.9 Å². The molecule has 0 spiro atoms. The SMILES string of the molecule is Cn1nccc1COc1ccc([N+](=O)[O-])cc1-c1cn(C)c(=O)c2[nH]ccc12. The highest BCUT2D eigenvalue weighted by molar-refractivity contribution is 5.96. The number of nitrogens with one attached hydrogen (secondary N) is 1. The zero-order chi connectivity index (χ0) is 19.8. The normalized spacial score (nSPS) is 11.1. The summed E-state index contributed by atoms with van der Waals surface area (Å²) in [7, 11) is 3.45. The molecule has 0 bridgehead atoms. The topological polar surface area (TPSA) is 108 Å². The fourth-order valence-electron chi connectivity index (χ4n) is 3.15. The minimum atomic E-state index is -0.454. The van der Waals surface area contributed by atoms with E-state index in [9.17, 15) is 14.9 Å². The first-order valence-electron chi connectivity index (χ1n) is 8.51. The van der Waals surface area contributed by atoms with Gasteiger partial charge in [0.25, 0.3) is 11.2 Å². The number of hydrogen-bond acceptors (Lipinski definition) is 5.